The molecule has 0 bridgehead atoms. The molecule has 0 radical (unpaired) electrons. The zero-order valence-electron chi connectivity index (χ0n) is 12.2. The van der Waals surface area contributed by atoms with Gasteiger partial charge in [-0.25, -0.2) is 17.8 Å². The van der Waals surface area contributed by atoms with Gasteiger partial charge in [0.1, 0.15) is 5.82 Å². The molecule has 0 spiro atoms. The SMILES string of the molecule is CS(=O)(=O)c1ccc(-c2csc(Nc3ccc(F)cc3)n2)cc1. The summed E-state index contributed by atoms with van der Waals surface area (Å²) in [5, 5.41) is 5.66. The Morgan fingerprint density at radius 1 is 1.04 bits per heavy atom. The summed E-state index contributed by atoms with van der Waals surface area (Å²) in [5.41, 5.74) is 2.33. The minimum atomic E-state index is -3.20. The molecular weight excluding hydrogens is 335 g/mol. The van der Waals surface area contributed by atoms with Crippen LogP contribution in [-0.4, -0.2) is 19.7 Å². The summed E-state index contributed by atoms with van der Waals surface area (Å²) in [6.45, 7) is 0. The van der Waals surface area contributed by atoms with Crippen LogP contribution in [-0.2, 0) is 9.84 Å². The van der Waals surface area contributed by atoms with E-state index >= 15 is 0 Å². The standard InChI is InChI=1S/C16H13FN2O2S2/c1-23(20,21)14-8-2-11(3-9-14)15-10-22-16(19-15)18-13-6-4-12(17)5-7-13/h2-10H,1H3,(H,18,19). The van der Waals surface area contributed by atoms with Crippen molar-refractivity contribution < 1.29 is 12.8 Å². The van der Waals surface area contributed by atoms with Gasteiger partial charge in [-0.05, 0) is 36.4 Å². The van der Waals surface area contributed by atoms with Crippen LogP contribution in [0.15, 0.2) is 58.8 Å². The number of benzene rings is 2. The van der Waals surface area contributed by atoms with E-state index in [-0.39, 0.29) is 10.7 Å². The van der Waals surface area contributed by atoms with Gasteiger partial charge in [0.25, 0.3) is 0 Å². The van der Waals surface area contributed by atoms with Gasteiger partial charge in [0.15, 0.2) is 15.0 Å². The zero-order valence-corrected chi connectivity index (χ0v) is 13.8. The van der Waals surface area contributed by atoms with Crippen LogP contribution in [0.4, 0.5) is 15.2 Å². The summed E-state index contributed by atoms with van der Waals surface area (Å²) >= 11 is 1.42. The molecule has 0 fully saturated rings. The lowest BCUT2D eigenvalue weighted by atomic mass is 10.2. The molecule has 3 rings (SSSR count). The molecule has 0 aliphatic heterocycles. The summed E-state index contributed by atoms with van der Waals surface area (Å²) in [4.78, 5) is 4.73. The summed E-state index contributed by atoms with van der Waals surface area (Å²) in [7, 11) is -3.20. The number of rotatable bonds is 4. The van der Waals surface area contributed by atoms with Gasteiger partial charge >= 0.3 is 0 Å². The average molecular weight is 348 g/mol. The molecule has 0 atom stereocenters. The maximum Gasteiger partial charge on any atom is 0.187 e. The smallest absolute Gasteiger partial charge is 0.187 e. The van der Waals surface area contributed by atoms with Crippen LogP contribution in [0.1, 0.15) is 0 Å². The van der Waals surface area contributed by atoms with Crippen LogP contribution in [0, 0.1) is 5.82 Å². The lowest BCUT2D eigenvalue weighted by molar-refractivity contribution is 0.602. The third-order valence-corrected chi connectivity index (χ3v) is 5.06. The highest BCUT2D eigenvalue weighted by Crippen LogP contribution is 2.27. The second-order valence-electron chi connectivity index (χ2n) is 4.97. The first-order chi connectivity index (χ1) is 10.9. The van der Waals surface area contributed by atoms with Crippen molar-refractivity contribution in [3.63, 3.8) is 0 Å². The number of nitrogens with zero attached hydrogens (tertiary/aromatic N) is 1. The number of hydrogen-bond donors (Lipinski definition) is 1. The van der Waals surface area contributed by atoms with E-state index < -0.39 is 9.84 Å². The van der Waals surface area contributed by atoms with Gasteiger partial charge in [0.2, 0.25) is 0 Å². The molecule has 23 heavy (non-hydrogen) atoms. The maximum atomic E-state index is 12.9. The highest BCUT2D eigenvalue weighted by Gasteiger charge is 2.09. The molecule has 0 saturated carbocycles. The van der Waals surface area contributed by atoms with E-state index in [1.807, 2.05) is 5.38 Å². The Hall–Kier alpha value is -2.25. The lowest BCUT2D eigenvalue weighted by Crippen LogP contribution is -1.96. The Kier molecular flexibility index (Phi) is 4.14. The van der Waals surface area contributed by atoms with Gasteiger partial charge in [0.05, 0.1) is 10.6 Å². The van der Waals surface area contributed by atoms with Crippen LogP contribution in [0.25, 0.3) is 11.3 Å². The van der Waals surface area contributed by atoms with Gasteiger partial charge in [0, 0.05) is 22.9 Å². The molecule has 1 N–H and O–H groups in total. The van der Waals surface area contributed by atoms with Gasteiger partial charge < -0.3 is 5.32 Å². The first-order valence-electron chi connectivity index (χ1n) is 6.70. The molecule has 0 aliphatic rings. The molecule has 0 aliphatic carbocycles. The topological polar surface area (TPSA) is 59.1 Å². The van der Waals surface area contributed by atoms with E-state index in [9.17, 15) is 12.8 Å². The Bertz CT molecular complexity index is 917. The van der Waals surface area contributed by atoms with E-state index in [1.165, 1.54) is 29.7 Å². The largest absolute Gasteiger partial charge is 0.332 e. The molecule has 0 saturated heterocycles. The predicted molar refractivity (Wildman–Crippen MR) is 90.3 cm³/mol. The van der Waals surface area contributed by atoms with Crippen molar-refractivity contribution in [2.75, 3.05) is 11.6 Å². The summed E-state index contributed by atoms with van der Waals surface area (Å²) < 4.78 is 35.8. The first-order valence-corrected chi connectivity index (χ1v) is 9.47. The summed E-state index contributed by atoms with van der Waals surface area (Å²) in [6, 6.07) is 12.6. The van der Waals surface area contributed by atoms with Crippen molar-refractivity contribution >= 4 is 32.0 Å². The molecule has 2 aromatic carbocycles. The monoisotopic (exact) mass is 348 g/mol. The zero-order chi connectivity index (χ0) is 16.4. The normalized spacial score (nSPS) is 11.4. The van der Waals surface area contributed by atoms with Crippen LogP contribution in [0.5, 0.6) is 0 Å². The number of aromatic nitrogens is 1. The van der Waals surface area contributed by atoms with Crippen molar-refractivity contribution in [3.05, 3.63) is 59.7 Å². The molecule has 3 aromatic rings. The number of thiazole rings is 1. The Morgan fingerprint density at radius 3 is 2.30 bits per heavy atom. The van der Waals surface area contributed by atoms with Crippen LogP contribution < -0.4 is 5.32 Å². The molecule has 1 aromatic heterocycles. The number of anilines is 2. The van der Waals surface area contributed by atoms with E-state index in [4.69, 9.17) is 0 Å². The molecular formula is C16H13FN2O2S2. The molecule has 7 heteroatoms. The van der Waals surface area contributed by atoms with Crippen molar-refractivity contribution in [1.82, 2.24) is 4.98 Å². The first kappa shape index (κ1) is 15.6. The van der Waals surface area contributed by atoms with Crippen molar-refractivity contribution in [1.29, 1.82) is 0 Å². The third kappa shape index (κ3) is 3.75. The van der Waals surface area contributed by atoms with Crippen molar-refractivity contribution in [3.8, 4) is 11.3 Å². The molecule has 1 heterocycles. The fraction of sp³-hybridized carbons (Fsp3) is 0.0625. The highest BCUT2D eigenvalue weighted by molar-refractivity contribution is 7.90. The Labute approximate surface area is 137 Å². The third-order valence-electron chi connectivity index (χ3n) is 3.18. The maximum absolute atomic E-state index is 12.9. The van der Waals surface area contributed by atoms with Gasteiger partial charge in [-0.15, -0.1) is 11.3 Å². The minimum absolute atomic E-state index is 0.279. The summed E-state index contributed by atoms with van der Waals surface area (Å²) in [6.07, 6.45) is 1.18. The fourth-order valence-corrected chi connectivity index (χ4v) is 3.36. The van der Waals surface area contributed by atoms with Crippen LogP contribution in [0.3, 0.4) is 0 Å². The quantitative estimate of drug-likeness (QED) is 0.771. The van der Waals surface area contributed by atoms with Gasteiger partial charge in [-0.2, -0.15) is 0 Å². The number of nitrogens with one attached hydrogen (secondary N) is 1. The van der Waals surface area contributed by atoms with E-state index in [1.54, 1.807) is 36.4 Å². The number of halogens is 1. The second kappa shape index (κ2) is 6.10. The van der Waals surface area contributed by atoms with E-state index in [0.717, 1.165) is 16.9 Å². The van der Waals surface area contributed by atoms with Gasteiger partial charge in [-0.1, -0.05) is 12.1 Å². The fourth-order valence-electron chi connectivity index (χ4n) is 1.99. The van der Waals surface area contributed by atoms with Crippen LogP contribution >= 0.6 is 11.3 Å². The lowest BCUT2D eigenvalue weighted by Gasteiger charge is -2.02. The average Bonchev–Trinajstić information content (AvgIpc) is 2.97. The Balaban J connectivity index is 1.80. The molecule has 0 amide bonds. The molecule has 118 valence electrons. The van der Waals surface area contributed by atoms with Crippen molar-refractivity contribution in [2.45, 2.75) is 4.90 Å². The van der Waals surface area contributed by atoms with E-state index in [0.29, 0.717) is 5.13 Å². The number of hydrogen-bond acceptors (Lipinski definition) is 5. The second-order valence-corrected chi connectivity index (χ2v) is 7.84. The highest BCUT2D eigenvalue weighted by atomic mass is 32.2. The van der Waals surface area contributed by atoms with Crippen LogP contribution in [0.2, 0.25) is 0 Å². The van der Waals surface area contributed by atoms with Crippen molar-refractivity contribution in [2.24, 2.45) is 0 Å². The Morgan fingerprint density at radius 2 is 1.70 bits per heavy atom. The van der Waals surface area contributed by atoms with Gasteiger partial charge in [-0.3, -0.25) is 0 Å². The van der Waals surface area contributed by atoms with E-state index in [2.05, 4.69) is 10.3 Å². The predicted octanol–water partition coefficient (Wildman–Crippen LogP) is 4.10. The minimum Gasteiger partial charge on any atom is -0.332 e. The summed E-state index contributed by atoms with van der Waals surface area (Å²) in [5.74, 6) is -0.290. The molecule has 0 unspecified atom stereocenters. The number of sulfone groups is 1. The molecule has 4 nitrogen and oxygen atoms in total.